The Morgan fingerprint density at radius 2 is 1.89 bits per heavy atom. The van der Waals surface area contributed by atoms with Gasteiger partial charge in [-0.05, 0) is 31.9 Å². The number of aromatic nitrogens is 3. The molecule has 3 heterocycles. The van der Waals surface area contributed by atoms with Gasteiger partial charge in [-0.3, -0.25) is 9.36 Å². The molecule has 1 aromatic carbocycles. The van der Waals surface area contributed by atoms with E-state index < -0.39 is 5.97 Å². The number of nitrogens with one attached hydrogen (secondary N) is 1. The maximum atomic E-state index is 12.9. The highest BCUT2D eigenvalue weighted by Crippen LogP contribution is 2.36. The van der Waals surface area contributed by atoms with Gasteiger partial charge in [-0.25, -0.2) is 4.79 Å². The van der Waals surface area contributed by atoms with Gasteiger partial charge in [0, 0.05) is 32.8 Å². The summed E-state index contributed by atoms with van der Waals surface area (Å²) in [4.78, 5) is 26.7. The molecule has 0 atom stereocenters. The Hall–Kier alpha value is -2.95. The van der Waals surface area contributed by atoms with Gasteiger partial charge >= 0.3 is 5.97 Å². The smallest absolute Gasteiger partial charge is 0.341 e. The van der Waals surface area contributed by atoms with Crippen LogP contribution in [0.3, 0.4) is 0 Å². The van der Waals surface area contributed by atoms with E-state index in [0.29, 0.717) is 15.7 Å². The van der Waals surface area contributed by atoms with E-state index in [2.05, 4.69) is 52.3 Å². The first-order chi connectivity index (χ1) is 16.9. The Balaban J connectivity index is 1.51. The van der Waals surface area contributed by atoms with Crippen LogP contribution in [0.1, 0.15) is 42.0 Å². The van der Waals surface area contributed by atoms with E-state index in [1.807, 2.05) is 35.7 Å². The number of benzene rings is 1. The molecule has 7 nitrogen and oxygen atoms in total. The Labute approximate surface area is 216 Å². The van der Waals surface area contributed by atoms with Crippen molar-refractivity contribution in [1.29, 1.82) is 0 Å². The molecule has 10 heteroatoms. The van der Waals surface area contributed by atoms with Crippen molar-refractivity contribution in [3.63, 3.8) is 0 Å². The van der Waals surface area contributed by atoms with Crippen LogP contribution in [0.5, 0.6) is 0 Å². The number of anilines is 1. The average Bonchev–Trinajstić information content (AvgIpc) is 3.60. The minimum absolute atomic E-state index is 0.132. The third kappa shape index (κ3) is 5.50. The summed E-state index contributed by atoms with van der Waals surface area (Å²) in [7, 11) is 1.34. The summed E-state index contributed by atoms with van der Waals surface area (Å²) in [6.07, 6.45) is 0.977. The van der Waals surface area contributed by atoms with E-state index in [-0.39, 0.29) is 17.7 Å². The lowest BCUT2D eigenvalue weighted by Gasteiger charge is -2.13. The predicted molar refractivity (Wildman–Crippen MR) is 144 cm³/mol. The number of aryl methyl sites for hydroxylation is 1. The van der Waals surface area contributed by atoms with Gasteiger partial charge in [0.05, 0.1) is 12.9 Å². The van der Waals surface area contributed by atoms with E-state index in [0.717, 1.165) is 28.9 Å². The molecule has 3 aromatic heterocycles. The Morgan fingerprint density at radius 1 is 1.11 bits per heavy atom. The van der Waals surface area contributed by atoms with Crippen molar-refractivity contribution in [2.75, 3.05) is 18.2 Å². The van der Waals surface area contributed by atoms with Crippen molar-refractivity contribution in [1.82, 2.24) is 14.8 Å². The van der Waals surface area contributed by atoms with Crippen molar-refractivity contribution >= 4 is 51.3 Å². The van der Waals surface area contributed by atoms with Crippen LogP contribution < -0.4 is 5.32 Å². The molecule has 0 saturated heterocycles. The fraction of sp³-hybridized carbons (Fsp3) is 0.280. The molecule has 182 valence electrons. The van der Waals surface area contributed by atoms with Gasteiger partial charge in [-0.15, -0.1) is 32.9 Å². The van der Waals surface area contributed by atoms with E-state index in [9.17, 15) is 9.59 Å². The van der Waals surface area contributed by atoms with Crippen LogP contribution in [0, 0.1) is 0 Å². The number of thioether (sulfide) groups is 1. The summed E-state index contributed by atoms with van der Waals surface area (Å²) in [5, 5.41) is 16.8. The second-order valence-corrected chi connectivity index (χ2v) is 10.8. The number of hydrogen-bond acceptors (Lipinski definition) is 8. The molecule has 1 amide bonds. The maximum absolute atomic E-state index is 12.9. The number of rotatable bonds is 9. The second kappa shape index (κ2) is 11.2. The van der Waals surface area contributed by atoms with Gasteiger partial charge in [0.15, 0.2) is 11.0 Å². The minimum Gasteiger partial charge on any atom is -0.465 e. The maximum Gasteiger partial charge on any atom is 0.341 e. The highest BCUT2D eigenvalue weighted by molar-refractivity contribution is 7.99. The number of esters is 1. The molecule has 0 aliphatic carbocycles. The largest absolute Gasteiger partial charge is 0.465 e. The van der Waals surface area contributed by atoms with E-state index >= 15 is 0 Å². The van der Waals surface area contributed by atoms with Gasteiger partial charge in [-0.1, -0.05) is 49.0 Å². The topological polar surface area (TPSA) is 86.1 Å². The van der Waals surface area contributed by atoms with Crippen LogP contribution in [0.15, 0.2) is 52.3 Å². The second-order valence-electron chi connectivity index (χ2n) is 7.97. The van der Waals surface area contributed by atoms with Crippen molar-refractivity contribution in [3.8, 4) is 22.5 Å². The predicted octanol–water partition coefficient (Wildman–Crippen LogP) is 6.40. The van der Waals surface area contributed by atoms with Crippen LogP contribution in [0.25, 0.3) is 22.5 Å². The van der Waals surface area contributed by atoms with Crippen LogP contribution in [0.2, 0.25) is 0 Å². The zero-order valence-electron chi connectivity index (χ0n) is 19.9. The first kappa shape index (κ1) is 25.2. The first-order valence-corrected chi connectivity index (χ1v) is 13.9. The molecule has 0 fully saturated rings. The van der Waals surface area contributed by atoms with E-state index in [4.69, 9.17) is 4.74 Å². The van der Waals surface area contributed by atoms with Crippen LogP contribution in [-0.2, 0) is 16.0 Å². The molecule has 0 spiro atoms. The monoisotopic (exact) mass is 526 g/mol. The minimum atomic E-state index is -0.487. The standard InChI is InChI=1S/C25H26N4O3S3/c1-5-18-11-17(12-33-18)22-27-28-25(29(22)15(2)3)35-14-20(30)26-23-21(24(31)32-4)19(13-34-23)16-9-7-6-8-10-16/h6-13,15H,5,14H2,1-4H3,(H,26,30). The van der Waals surface area contributed by atoms with Gasteiger partial charge < -0.3 is 10.1 Å². The number of nitrogens with zero attached hydrogens (tertiary/aromatic N) is 3. The summed E-state index contributed by atoms with van der Waals surface area (Å²) >= 11 is 4.34. The zero-order valence-corrected chi connectivity index (χ0v) is 22.4. The summed E-state index contributed by atoms with van der Waals surface area (Å²) in [5.41, 5.74) is 3.02. The lowest BCUT2D eigenvalue weighted by Crippen LogP contribution is -2.16. The van der Waals surface area contributed by atoms with Gasteiger partial charge in [0.2, 0.25) is 5.91 Å². The highest BCUT2D eigenvalue weighted by Gasteiger charge is 2.23. The Morgan fingerprint density at radius 3 is 2.54 bits per heavy atom. The van der Waals surface area contributed by atoms with Gasteiger partial charge in [0.1, 0.15) is 10.6 Å². The van der Waals surface area contributed by atoms with E-state index in [1.54, 1.807) is 11.3 Å². The highest BCUT2D eigenvalue weighted by atomic mass is 32.2. The van der Waals surface area contributed by atoms with Crippen LogP contribution >= 0.6 is 34.4 Å². The molecule has 0 unspecified atom stereocenters. The zero-order chi connectivity index (χ0) is 24.9. The van der Waals surface area contributed by atoms with E-state index in [1.165, 1.54) is 35.1 Å². The lowest BCUT2D eigenvalue weighted by molar-refractivity contribution is -0.113. The Kier molecular flexibility index (Phi) is 8.04. The molecule has 4 aromatic rings. The number of amides is 1. The van der Waals surface area contributed by atoms with Gasteiger partial charge in [-0.2, -0.15) is 0 Å². The first-order valence-electron chi connectivity index (χ1n) is 11.1. The molecule has 0 bridgehead atoms. The van der Waals surface area contributed by atoms with Crippen LogP contribution in [0.4, 0.5) is 5.00 Å². The lowest BCUT2D eigenvalue weighted by atomic mass is 10.0. The molecular formula is C25H26N4O3S3. The average molecular weight is 527 g/mol. The molecular weight excluding hydrogens is 501 g/mol. The molecule has 0 radical (unpaired) electrons. The fourth-order valence-electron chi connectivity index (χ4n) is 3.60. The SMILES string of the molecule is CCc1cc(-c2nnc(SCC(=O)Nc3scc(-c4ccccc4)c3C(=O)OC)n2C(C)C)cs1. The number of methoxy groups -OCH3 is 1. The molecule has 0 aliphatic rings. The summed E-state index contributed by atoms with van der Waals surface area (Å²) in [5.74, 6) is 0.218. The number of carbonyl (C=O) groups excluding carboxylic acids is 2. The molecule has 0 aliphatic heterocycles. The molecule has 0 saturated carbocycles. The van der Waals surface area contributed by atoms with Crippen molar-refractivity contribution in [2.24, 2.45) is 0 Å². The quantitative estimate of drug-likeness (QED) is 0.201. The number of ether oxygens (including phenoxy) is 1. The van der Waals surface area contributed by atoms with Crippen molar-refractivity contribution in [2.45, 2.75) is 38.4 Å². The third-order valence-electron chi connectivity index (χ3n) is 5.29. The van der Waals surface area contributed by atoms with Crippen LogP contribution in [-0.4, -0.2) is 39.5 Å². The molecule has 4 rings (SSSR count). The van der Waals surface area contributed by atoms with Crippen molar-refractivity contribution < 1.29 is 14.3 Å². The van der Waals surface area contributed by atoms with Crippen molar-refractivity contribution in [3.05, 3.63) is 57.6 Å². The summed E-state index contributed by atoms with van der Waals surface area (Å²) in [6, 6.07) is 11.8. The normalized spacial score (nSPS) is 11.1. The number of thiophene rings is 2. The third-order valence-corrected chi connectivity index (χ3v) is 8.21. The fourth-order valence-corrected chi connectivity index (χ4v) is 6.25. The Bertz CT molecular complexity index is 1320. The molecule has 35 heavy (non-hydrogen) atoms. The number of hydrogen-bond donors (Lipinski definition) is 1. The summed E-state index contributed by atoms with van der Waals surface area (Å²) < 4.78 is 7.05. The van der Waals surface area contributed by atoms with Gasteiger partial charge in [0.25, 0.3) is 0 Å². The molecule has 1 N–H and O–H groups in total. The number of carbonyl (C=O) groups is 2. The summed E-state index contributed by atoms with van der Waals surface area (Å²) in [6.45, 7) is 6.28.